The van der Waals surface area contributed by atoms with E-state index in [1.54, 1.807) is 0 Å². The van der Waals surface area contributed by atoms with Crippen molar-refractivity contribution in [2.45, 2.75) is 6.61 Å². The van der Waals surface area contributed by atoms with Crippen LogP contribution in [-0.2, 0) is 6.61 Å². The molecule has 0 aliphatic heterocycles. The van der Waals surface area contributed by atoms with E-state index in [2.05, 4.69) is 45.2 Å². The number of aliphatic hydroxyl groups is 1. The highest BCUT2D eigenvalue weighted by Gasteiger charge is 2.02. The Morgan fingerprint density at radius 2 is 1.73 bits per heavy atom. The largest absolute Gasteiger partial charge is 0.397 e. The van der Waals surface area contributed by atoms with E-state index >= 15 is 0 Å². The third kappa shape index (κ3) is 2.19. The summed E-state index contributed by atoms with van der Waals surface area (Å²) in [4.78, 5) is 0. The van der Waals surface area contributed by atoms with Gasteiger partial charge in [0.25, 0.3) is 0 Å². The molecule has 0 atom stereocenters. The highest BCUT2D eigenvalue weighted by molar-refractivity contribution is 14.1. The Balaban J connectivity index is 3.21. The highest BCUT2D eigenvalue weighted by atomic mass is 127. The van der Waals surface area contributed by atoms with Gasteiger partial charge >= 0.3 is 0 Å². The van der Waals surface area contributed by atoms with E-state index in [0.29, 0.717) is 0 Å². The molecule has 0 bridgehead atoms. The van der Waals surface area contributed by atoms with Gasteiger partial charge < -0.3 is 10.8 Å². The Labute approximate surface area is 92.5 Å². The van der Waals surface area contributed by atoms with Crippen LogP contribution in [0.15, 0.2) is 12.1 Å². The average Bonchev–Trinajstić information content (AvgIpc) is 1.99. The summed E-state index contributed by atoms with van der Waals surface area (Å²) in [6.45, 7) is 0.0757. The molecule has 3 N–H and O–H groups in total. The molecule has 11 heavy (non-hydrogen) atoms. The Kier molecular flexibility index (Phi) is 3.38. The Hall–Kier alpha value is 0.440. The number of aliphatic hydroxyl groups excluding tert-OH is 1. The summed E-state index contributed by atoms with van der Waals surface area (Å²) >= 11 is 4.32. The van der Waals surface area contributed by atoms with Crippen molar-refractivity contribution in [1.82, 2.24) is 0 Å². The Morgan fingerprint density at radius 3 is 2.09 bits per heavy atom. The lowest BCUT2D eigenvalue weighted by molar-refractivity contribution is 0.281. The zero-order valence-electron chi connectivity index (χ0n) is 5.64. The number of benzene rings is 1. The summed E-state index contributed by atoms with van der Waals surface area (Å²) in [5.74, 6) is 0. The number of rotatable bonds is 1. The quantitative estimate of drug-likeness (QED) is 0.583. The van der Waals surface area contributed by atoms with Gasteiger partial charge in [0.15, 0.2) is 0 Å². The summed E-state index contributed by atoms with van der Waals surface area (Å²) < 4.78 is 2.00. The van der Waals surface area contributed by atoms with Gasteiger partial charge in [0, 0.05) is 7.14 Å². The summed E-state index contributed by atoms with van der Waals surface area (Å²) in [7, 11) is 0. The van der Waals surface area contributed by atoms with Crippen molar-refractivity contribution in [2.24, 2.45) is 0 Å². The zero-order chi connectivity index (χ0) is 8.43. The molecule has 0 fully saturated rings. The van der Waals surface area contributed by atoms with Crippen LogP contribution in [0.1, 0.15) is 5.56 Å². The Morgan fingerprint density at radius 1 is 1.27 bits per heavy atom. The number of nitrogens with two attached hydrogens (primary N) is 1. The monoisotopic (exact) mass is 375 g/mol. The molecule has 0 saturated carbocycles. The molecule has 0 spiro atoms. The molecule has 1 aromatic rings. The number of hydrogen-bond donors (Lipinski definition) is 2. The van der Waals surface area contributed by atoms with E-state index in [-0.39, 0.29) is 6.61 Å². The molecule has 0 heterocycles. The van der Waals surface area contributed by atoms with E-state index in [1.165, 1.54) is 0 Å². The first-order valence-electron chi connectivity index (χ1n) is 2.99. The maximum Gasteiger partial charge on any atom is 0.0682 e. The van der Waals surface area contributed by atoms with Gasteiger partial charge in [0.1, 0.15) is 0 Å². The first-order valence-corrected chi connectivity index (χ1v) is 5.15. The van der Waals surface area contributed by atoms with E-state index in [0.717, 1.165) is 18.4 Å². The van der Waals surface area contributed by atoms with Crippen LogP contribution in [0, 0.1) is 7.14 Å². The van der Waals surface area contributed by atoms with Gasteiger partial charge in [-0.15, -0.1) is 0 Å². The lowest BCUT2D eigenvalue weighted by Gasteiger charge is -2.03. The predicted molar refractivity (Wildman–Crippen MR) is 62.2 cm³/mol. The minimum Gasteiger partial charge on any atom is -0.397 e. The molecule has 0 saturated heterocycles. The molecule has 2 nitrogen and oxygen atoms in total. The van der Waals surface area contributed by atoms with Crippen molar-refractivity contribution in [3.05, 3.63) is 24.8 Å². The summed E-state index contributed by atoms with van der Waals surface area (Å²) in [5, 5.41) is 8.83. The molecule has 0 amide bonds. The molecule has 1 aromatic carbocycles. The van der Waals surface area contributed by atoms with Crippen LogP contribution in [0.3, 0.4) is 0 Å². The van der Waals surface area contributed by atoms with Crippen molar-refractivity contribution < 1.29 is 5.11 Å². The topological polar surface area (TPSA) is 46.2 Å². The third-order valence-electron chi connectivity index (χ3n) is 1.32. The first kappa shape index (κ1) is 9.53. The molecule has 0 aromatic heterocycles. The number of nitrogen functional groups attached to an aromatic ring is 1. The van der Waals surface area contributed by atoms with Crippen LogP contribution in [0.25, 0.3) is 0 Å². The fraction of sp³-hybridized carbons (Fsp3) is 0.143. The summed E-state index contributed by atoms with van der Waals surface area (Å²) in [6.07, 6.45) is 0. The molecule has 0 aliphatic rings. The third-order valence-corrected chi connectivity index (χ3v) is 3.11. The zero-order valence-corrected chi connectivity index (χ0v) is 9.96. The van der Waals surface area contributed by atoms with Crippen LogP contribution in [0.5, 0.6) is 0 Å². The molecule has 60 valence electrons. The molecule has 0 aliphatic carbocycles. The van der Waals surface area contributed by atoms with Crippen molar-refractivity contribution in [3.8, 4) is 0 Å². The lowest BCUT2D eigenvalue weighted by atomic mass is 10.2. The fourth-order valence-corrected chi connectivity index (χ4v) is 2.63. The maximum atomic E-state index is 8.83. The van der Waals surface area contributed by atoms with Crippen LogP contribution >= 0.6 is 45.2 Å². The van der Waals surface area contributed by atoms with Crippen LogP contribution in [0.2, 0.25) is 0 Å². The van der Waals surface area contributed by atoms with Gasteiger partial charge in [0.05, 0.1) is 12.3 Å². The highest BCUT2D eigenvalue weighted by Crippen LogP contribution is 2.23. The van der Waals surface area contributed by atoms with Gasteiger partial charge in [-0.2, -0.15) is 0 Å². The molecule has 4 heteroatoms. The second-order valence-electron chi connectivity index (χ2n) is 2.13. The summed E-state index contributed by atoms with van der Waals surface area (Å²) in [6, 6.07) is 3.77. The van der Waals surface area contributed by atoms with Crippen molar-refractivity contribution >= 4 is 50.9 Å². The molecule has 0 radical (unpaired) electrons. The summed E-state index contributed by atoms with van der Waals surface area (Å²) in [5.41, 5.74) is 7.41. The van der Waals surface area contributed by atoms with Gasteiger partial charge in [-0.05, 0) is 62.9 Å². The smallest absolute Gasteiger partial charge is 0.0682 e. The first-order chi connectivity index (χ1) is 5.15. The van der Waals surface area contributed by atoms with Crippen molar-refractivity contribution in [2.75, 3.05) is 5.73 Å². The lowest BCUT2D eigenvalue weighted by Crippen LogP contribution is -1.95. The van der Waals surface area contributed by atoms with Crippen molar-refractivity contribution in [3.63, 3.8) is 0 Å². The molecule has 0 unspecified atom stereocenters. The van der Waals surface area contributed by atoms with Crippen LogP contribution in [0.4, 0.5) is 5.69 Å². The number of halogens is 2. The normalized spacial score (nSPS) is 10.1. The van der Waals surface area contributed by atoms with Gasteiger partial charge in [-0.25, -0.2) is 0 Å². The minimum absolute atomic E-state index is 0.0757. The van der Waals surface area contributed by atoms with Gasteiger partial charge in [0.2, 0.25) is 0 Å². The average molecular weight is 375 g/mol. The Bertz CT molecular complexity index is 252. The second-order valence-corrected chi connectivity index (χ2v) is 4.46. The maximum absolute atomic E-state index is 8.83. The van der Waals surface area contributed by atoms with Crippen LogP contribution in [-0.4, -0.2) is 5.11 Å². The van der Waals surface area contributed by atoms with Crippen molar-refractivity contribution in [1.29, 1.82) is 0 Å². The molecular weight excluding hydrogens is 368 g/mol. The minimum atomic E-state index is 0.0757. The second kappa shape index (κ2) is 3.90. The van der Waals surface area contributed by atoms with E-state index in [1.807, 2.05) is 12.1 Å². The predicted octanol–water partition coefficient (Wildman–Crippen LogP) is 1.97. The molecular formula is C7H7I2NO. The van der Waals surface area contributed by atoms with E-state index in [4.69, 9.17) is 10.8 Å². The molecule has 1 rings (SSSR count). The SMILES string of the molecule is Nc1c(I)cc(CO)cc1I. The fourth-order valence-electron chi connectivity index (χ4n) is 0.728. The number of anilines is 1. The standard InChI is InChI=1S/C7H7I2NO/c8-5-1-4(3-11)2-6(9)7(5)10/h1-2,11H,3,10H2. The van der Waals surface area contributed by atoms with Gasteiger partial charge in [-0.1, -0.05) is 0 Å². The van der Waals surface area contributed by atoms with Crippen LogP contribution < -0.4 is 5.73 Å². The number of hydrogen-bond acceptors (Lipinski definition) is 2. The van der Waals surface area contributed by atoms with E-state index < -0.39 is 0 Å². The van der Waals surface area contributed by atoms with Gasteiger partial charge in [-0.3, -0.25) is 0 Å². The van der Waals surface area contributed by atoms with E-state index in [9.17, 15) is 0 Å².